The van der Waals surface area contributed by atoms with Crippen molar-refractivity contribution >= 4 is 17.5 Å². The number of aliphatic hydroxyl groups excluding tert-OH is 2. The maximum absolute atomic E-state index is 13.0. The minimum absolute atomic E-state index is 0.00738. The highest BCUT2D eigenvalue weighted by Crippen LogP contribution is 2.67. The van der Waals surface area contributed by atoms with E-state index in [4.69, 9.17) is 4.74 Å². The number of ketones is 2. The molecular weight excluding hydrogens is 396 g/mol. The Morgan fingerprint density at radius 2 is 2.00 bits per heavy atom. The predicted octanol–water partition coefficient (Wildman–Crippen LogP) is 2.62. The number of hydrogen-bond donors (Lipinski definition) is 2. The van der Waals surface area contributed by atoms with Crippen LogP contribution in [0.2, 0.25) is 0 Å². The number of fused-ring (bicyclic) bond motifs is 5. The summed E-state index contributed by atoms with van der Waals surface area (Å²) < 4.78 is 5.50. The van der Waals surface area contributed by atoms with Crippen LogP contribution >= 0.6 is 0 Å². The number of ether oxygens (including phenoxy) is 1. The van der Waals surface area contributed by atoms with Crippen molar-refractivity contribution in [3.8, 4) is 0 Å². The second-order valence-electron chi connectivity index (χ2n) is 10.7. The first-order valence-corrected chi connectivity index (χ1v) is 11.5. The number of esters is 1. The van der Waals surface area contributed by atoms with Crippen LogP contribution in [0.3, 0.4) is 0 Å². The van der Waals surface area contributed by atoms with E-state index in [1.54, 1.807) is 26.0 Å². The Morgan fingerprint density at radius 1 is 1.29 bits per heavy atom. The highest BCUT2D eigenvalue weighted by atomic mass is 16.5. The number of hydrogen-bond acceptors (Lipinski definition) is 6. The second kappa shape index (κ2) is 7.66. The van der Waals surface area contributed by atoms with E-state index in [9.17, 15) is 24.6 Å². The van der Waals surface area contributed by atoms with E-state index in [1.807, 2.05) is 13.0 Å². The van der Waals surface area contributed by atoms with Crippen molar-refractivity contribution in [3.63, 3.8) is 0 Å². The van der Waals surface area contributed by atoms with Gasteiger partial charge < -0.3 is 14.9 Å². The monoisotopic (exact) mass is 430 g/mol. The Kier molecular flexibility index (Phi) is 5.54. The van der Waals surface area contributed by atoms with Gasteiger partial charge in [0.2, 0.25) is 0 Å². The third-order valence-corrected chi connectivity index (χ3v) is 8.71. The number of rotatable bonds is 4. The van der Waals surface area contributed by atoms with E-state index < -0.39 is 35.4 Å². The van der Waals surface area contributed by atoms with Crippen LogP contribution in [0.15, 0.2) is 23.8 Å². The molecule has 170 valence electrons. The van der Waals surface area contributed by atoms with Gasteiger partial charge in [0.05, 0.1) is 18.1 Å². The van der Waals surface area contributed by atoms with Gasteiger partial charge in [-0.05, 0) is 68.9 Å². The largest absolute Gasteiger partial charge is 0.463 e. The average molecular weight is 431 g/mol. The molecule has 0 radical (unpaired) electrons. The van der Waals surface area contributed by atoms with Gasteiger partial charge in [0, 0.05) is 17.3 Å². The normalized spacial score (nSPS) is 43.7. The first-order valence-electron chi connectivity index (χ1n) is 11.5. The Balaban J connectivity index is 1.73. The lowest BCUT2D eigenvalue weighted by molar-refractivity contribution is -0.159. The van der Waals surface area contributed by atoms with Gasteiger partial charge in [-0.25, -0.2) is 0 Å². The standard InChI is InChI=1S/C25H34O6/c1-13(2)31-23(30)17-10-18-16-6-5-14-9-15(27)7-8-24(14,3)21(16)19(28)11-25(18,4)22(17)20(29)12-26/h7-9,13,16-19,21-22,26,28H,5-6,10-12H2,1-4H3/t16-,17+,18-,19-,21+,22?,24-,25-/m0/s1. The molecule has 0 aromatic carbocycles. The van der Waals surface area contributed by atoms with Gasteiger partial charge in [0.1, 0.15) is 6.61 Å². The number of Topliss-reactive ketones (excluding diaryl/α,β-unsaturated/α-hetero) is 1. The van der Waals surface area contributed by atoms with Crippen molar-refractivity contribution in [2.75, 3.05) is 6.61 Å². The van der Waals surface area contributed by atoms with Crippen LogP contribution in [-0.2, 0) is 19.1 Å². The van der Waals surface area contributed by atoms with Crippen LogP contribution in [-0.4, -0.2) is 46.6 Å². The number of carbonyl (C=O) groups is 3. The predicted molar refractivity (Wildman–Crippen MR) is 114 cm³/mol. The van der Waals surface area contributed by atoms with E-state index in [-0.39, 0.29) is 41.4 Å². The Morgan fingerprint density at radius 3 is 2.65 bits per heavy atom. The van der Waals surface area contributed by atoms with Crippen LogP contribution in [0.4, 0.5) is 0 Å². The zero-order valence-corrected chi connectivity index (χ0v) is 18.8. The Labute approximate surface area is 183 Å². The molecule has 31 heavy (non-hydrogen) atoms. The molecule has 6 heteroatoms. The molecule has 0 bridgehead atoms. The topological polar surface area (TPSA) is 101 Å². The van der Waals surface area contributed by atoms with E-state index in [2.05, 4.69) is 6.92 Å². The molecule has 0 aliphatic heterocycles. The molecule has 4 aliphatic carbocycles. The fourth-order valence-corrected chi connectivity index (χ4v) is 7.62. The summed E-state index contributed by atoms with van der Waals surface area (Å²) >= 11 is 0. The summed E-state index contributed by atoms with van der Waals surface area (Å²) in [5, 5.41) is 21.1. The van der Waals surface area contributed by atoms with Gasteiger partial charge in [-0.15, -0.1) is 0 Å². The van der Waals surface area contributed by atoms with E-state index in [0.717, 1.165) is 18.4 Å². The molecule has 3 saturated carbocycles. The van der Waals surface area contributed by atoms with Crippen LogP contribution in [0.5, 0.6) is 0 Å². The lowest BCUT2D eigenvalue weighted by atomic mass is 9.46. The first-order chi connectivity index (χ1) is 14.5. The molecule has 0 heterocycles. The summed E-state index contributed by atoms with van der Waals surface area (Å²) in [6.07, 6.45) is 6.83. The van der Waals surface area contributed by atoms with E-state index in [1.165, 1.54) is 0 Å². The van der Waals surface area contributed by atoms with Crippen molar-refractivity contribution in [1.29, 1.82) is 0 Å². The van der Waals surface area contributed by atoms with Crippen LogP contribution in [0, 0.1) is 40.4 Å². The zero-order chi connectivity index (χ0) is 22.7. The summed E-state index contributed by atoms with van der Waals surface area (Å²) in [6.45, 7) is 7.07. The summed E-state index contributed by atoms with van der Waals surface area (Å²) in [5.41, 5.74) is 0.0953. The van der Waals surface area contributed by atoms with Crippen molar-refractivity contribution in [2.24, 2.45) is 40.4 Å². The smallest absolute Gasteiger partial charge is 0.309 e. The number of carbonyl (C=O) groups excluding carboxylic acids is 3. The molecule has 0 saturated heterocycles. The molecule has 4 aliphatic rings. The van der Waals surface area contributed by atoms with Crippen LogP contribution in [0.1, 0.15) is 53.4 Å². The SMILES string of the molecule is CC(C)OC(=O)[C@@H]1C[C@H]2[C@@H]3CCC4=CC(=O)C=C[C@]4(C)[C@H]3[C@@H](O)C[C@]2(C)C1C(=O)CO. The lowest BCUT2D eigenvalue weighted by Gasteiger charge is -2.58. The van der Waals surface area contributed by atoms with Crippen LogP contribution < -0.4 is 0 Å². The third-order valence-electron chi connectivity index (χ3n) is 8.71. The lowest BCUT2D eigenvalue weighted by Crippen LogP contribution is -2.56. The van der Waals surface area contributed by atoms with E-state index in [0.29, 0.717) is 12.8 Å². The Hall–Kier alpha value is -1.79. The van der Waals surface area contributed by atoms with Gasteiger partial charge in [-0.3, -0.25) is 14.4 Å². The molecule has 8 atom stereocenters. The van der Waals surface area contributed by atoms with Gasteiger partial charge in [0.25, 0.3) is 0 Å². The van der Waals surface area contributed by atoms with Crippen molar-refractivity contribution < 1.29 is 29.3 Å². The molecule has 0 aromatic heterocycles. The minimum atomic E-state index is -0.660. The molecule has 4 rings (SSSR count). The van der Waals surface area contributed by atoms with Crippen LogP contribution in [0.25, 0.3) is 0 Å². The molecule has 0 amide bonds. The Bertz CT molecular complexity index is 856. The number of allylic oxidation sites excluding steroid dienone is 4. The fraction of sp³-hybridized carbons (Fsp3) is 0.720. The maximum atomic E-state index is 13.0. The fourth-order valence-electron chi connectivity index (χ4n) is 7.62. The van der Waals surface area contributed by atoms with Crippen molar-refractivity contribution in [2.45, 2.75) is 65.6 Å². The van der Waals surface area contributed by atoms with Gasteiger partial charge in [-0.1, -0.05) is 25.5 Å². The molecule has 1 unspecified atom stereocenters. The summed E-state index contributed by atoms with van der Waals surface area (Å²) in [6, 6.07) is 0. The van der Waals surface area contributed by atoms with Crippen molar-refractivity contribution in [1.82, 2.24) is 0 Å². The zero-order valence-electron chi connectivity index (χ0n) is 18.8. The molecule has 0 spiro atoms. The summed E-state index contributed by atoms with van der Waals surface area (Å²) in [4.78, 5) is 37.8. The highest BCUT2D eigenvalue weighted by Gasteiger charge is 2.66. The number of aliphatic hydroxyl groups is 2. The first kappa shape index (κ1) is 22.4. The maximum Gasteiger partial charge on any atom is 0.309 e. The minimum Gasteiger partial charge on any atom is -0.463 e. The highest BCUT2D eigenvalue weighted by molar-refractivity contribution is 6.01. The molecule has 2 N–H and O–H groups in total. The quantitative estimate of drug-likeness (QED) is 0.665. The van der Waals surface area contributed by atoms with E-state index >= 15 is 0 Å². The third kappa shape index (κ3) is 3.34. The summed E-state index contributed by atoms with van der Waals surface area (Å²) in [5.74, 6) is -1.86. The average Bonchev–Trinajstić information content (AvgIpc) is 3.00. The molecule has 6 nitrogen and oxygen atoms in total. The van der Waals surface area contributed by atoms with Gasteiger partial charge in [-0.2, -0.15) is 0 Å². The summed E-state index contributed by atoms with van der Waals surface area (Å²) in [7, 11) is 0. The van der Waals surface area contributed by atoms with Crippen molar-refractivity contribution in [3.05, 3.63) is 23.8 Å². The van der Waals surface area contributed by atoms with Gasteiger partial charge in [0.15, 0.2) is 11.6 Å². The second-order valence-corrected chi connectivity index (χ2v) is 10.7. The molecule has 0 aromatic rings. The molecule has 3 fully saturated rings. The van der Waals surface area contributed by atoms with Gasteiger partial charge >= 0.3 is 5.97 Å². The molecular formula is C25H34O6.